The molecular weight excluding hydrogens is 394 g/mol. The van der Waals surface area contributed by atoms with Crippen LogP contribution >= 0.6 is 11.3 Å². The number of carbonyl (C=O) groups is 1. The summed E-state index contributed by atoms with van der Waals surface area (Å²) in [6.45, 7) is 2.50. The van der Waals surface area contributed by atoms with Crippen LogP contribution in [0.25, 0.3) is 10.2 Å². The lowest BCUT2D eigenvalue weighted by Crippen LogP contribution is -2.33. The Bertz CT molecular complexity index is 1110. The number of fused-ring (bicyclic) bond motifs is 2. The van der Waals surface area contributed by atoms with Crippen LogP contribution in [0.15, 0.2) is 47.4 Å². The lowest BCUT2D eigenvalue weighted by Gasteiger charge is -2.28. The van der Waals surface area contributed by atoms with E-state index in [-0.39, 0.29) is 10.8 Å². The number of thiazole rings is 1. The number of anilines is 1. The summed E-state index contributed by atoms with van der Waals surface area (Å²) >= 11 is 1.58. The number of benzene rings is 2. The van der Waals surface area contributed by atoms with Crippen molar-refractivity contribution in [1.29, 1.82) is 0 Å². The van der Waals surface area contributed by atoms with E-state index in [2.05, 4.69) is 9.71 Å². The van der Waals surface area contributed by atoms with Crippen molar-refractivity contribution in [3.05, 3.63) is 53.0 Å². The summed E-state index contributed by atoms with van der Waals surface area (Å²) in [5.74, 6) is -0.0227. The summed E-state index contributed by atoms with van der Waals surface area (Å²) in [4.78, 5) is 18.2. The Kier molecular flexibility index (Phi) is 5.18. The van der Waals surface area contributed by atoms with Crippen LogP contribution in [0.1, 0.15) is 23.9 Å². The van der Waals surface area contributed by atoms with E-state index in [0.717, 1.165) is 39.3 Å². The van der Waals surface area contributed by atoms with Gasteiger partial charge in [-0.1, -0.05) is 12.1 Å². The number of aryl methyl sites for hydroxylation is 1. The molecule has 1 aliphatic heterocycles. The molecule has 0 saturated carbocycles. The molecule has 6 nitrogen and oxygen atoms in total. The third-order valence-corrected chi connectivity index (χ3v) is 7.38. The molecule has 1 N–H and O–H groups in total. The van der Waals surface area contributed by atoms with E-state index < -0.39 is 10.0 Å². The first-order valence-corrected chi connectivity index (χ1v) is 11.5. The highest BCUT2D eigenvalue weighted by Gasteiger charge is 2.23. The number of nitrogens with zero attached hydrogens (tertiary/aromatic N) is 2. The number of hydrogen-bond acceptors (Lipinski definition) is 5. The summed E-state index contributed by atoms with van der Waals surface area (Å²) in [5.41, 5.74) is 2.65. The van der Waals surface area contributed by atoms with E-state index in [1.807, 2.05) is 24.3 Å². The average Bonchev–Trinajstić information content (AvgIpc) is 3.09. The first kappa shape index (κ1) is 19.0. The summed E-state index contributed by atoms with van der Waals surface area (Å²) in [6, 6.07) is 12.9. The summed E-state index contributed by atoms with van der Waals surface area (Å²) in [6.07, 6.45) is 2.15. The van der Waals surface area contributed by atoms with Gasteiger partial charge < -0.3 is 4.90 Å². The fourth-order valence-corrected chi connectivity index (χ4v) is 5.52. The van der Waals surface area contributed by atoms with Crippen LogP contribution in [-0.2, 0) is 27.7 Å². The zero-order chi connectivity index (χ0) is 19.7. The van der Waals surface area contributed by atoms with Crippen LogP contribution in [0, 0.1) is 0 Å². The number of carbonyl (C=O) groups excluding carboxylic acids is 1. The number of rotatable bonds is 5. The zero-order valence-corrected chi connectivity index (χ0v) is 17.1. The smallest absolute Gasteiger partial charge is 0.240 e. The molecule has 0 fully saturated rings. The van der Waals surface area contributed by atoms with Gasteiger partial charge in [-0.15, -0.1) is 11.3 Å². The van der Waals surface area contributed by atoms with Gasteiger partial charge >= 0.3 is 0 Å². The molecule has 0 saturated heterocycles. The monoisotopic (exact) mass is 415 g/mol. The van der Waals surface area contributed by atoms with E-state index in [1.165, 1.54) is 6.92 Å². The van der Waals surface area contributed by atoms with Crippen molar-refractivity contribution in [2.45, 2.75) is 31.1 Å². The second kappa shape index (κ2) is 7.62. The van der Waals surface area contributed by atoms with Crippen molar-refractivity contribution in [3.8, 4) is 0 Å². The average molecular weight is 416 g/mol. The van der Waals surface area contributed by atoms with E-state index >= 15 is 0 Å². The Morgan fingerprint density at radius 2 is 2.07 bits per heavy atom. The van der Waals surface area contributed by atoms with Crippen molar-refractivity contribution >= 4 is 43.2 Å². The molecule has 8 heteroatoms. The van der Waals surface area contributed by atoms with Crippen molar-refractivity contribution in [3.63, 3.8) is 0 Å². The van der Waals surface area contributed by atoms with E-state index in [4.69, 9.17) is 0 Å². The number of sulfonamides is 1. The van der Waals surface area contributed by atoms with Crippen molar-refractivity contribution in [2.75, 3.05) is 18.0 Å². The van der Waals surface area contributed by atoms with Crippen LogP contribution in [0.4, 0.5) is 5.69 Å². The standard InChI is InChI=1S/C20H21N3O3S2/c1-14(24)23-12-4-5-15-13-16(8-9-18(15)23)28(25,26)21-11-10-20-22-17-6-2-3-7-19(17)27-20/h2-3,6-9,13,21H,4-5,10-12H2,1H3. The van der Waals surface area contributed by atoms with E-state index in [1.54, 1.807) is 34.4 Å². The highest BCUT2D eigenvalue weighted by atomic mass is 32.2. The lowest BCUT2D eigenvalue weighted by molar-refractivity contribution is -0.116. The Balaban J connectivity index is 1.46. The van der Waals surface area contributed by atoms with Crippen molar-refractivity contribution < 1.29 is 13.2 Å². The first-order valence-electron chi connectivity index (χ1n) is 9.19. The van der Waals surface area contributed by atoms with Crippen molar-refractivity contribution in [1.82, 2.24) is 9.71 Å². The topological polar surface area (TPSA) is 79.4 Å². The largest absolute Gasteiger partial charge is 0.312 e. The Hall–Kier alpha value is -2.29. The van der Waals surface area contributed by atoms with Crippen molar-refractivity contribution in [2.24, 2.45) is 0 Å². The maximum absolute atomic E-state index is 12.7. The first-order chi connectivity index (χ1) is 13.4. The van der Waals surface area contributed by atoms with Crippen LogP contribution in [0.2, 0.25) is 0 Å². The highest BCUT2D eigenvalue weighted by Crippen LogP contribution is 2.29. The minimum Gasteiger partial charge on any atom is -0.312 e. The fourth-order valence-electron chi connectivity index (χ4n) is 3.47. The normalized spacial score (nSPS) is 14.2. The highest BCUT2D eigenvalue weighted by molar-refractivity contribution is 7.89. The molecule has 0 aliphatic carbocycles. The van der Waals surface area contributed by atoms with Crippen LogP contribution in [0.5, 0.6) is 0 Å². The number of amides is 1. The Morgan fingerprint density at radius 1 is 1.25 bits per heavy atom. The molecule has 146 valence electrons. The van der Waals surface area contributed by atoms with Gasteiger partial charge in [0, 0.05) is 32.1 Å². The van der Waals surface area contributed by atoms with Crippen LogP contribution < -0.4 is 9.62 Å². The van der Waals surface area contributed by atoms with Gasteiger partial charge in [0.05, 0.1) is 20.1 Å². The molecule has 2 aromatic carbocycles. The molecule has 0 bridgehead atoms. The Labute approximate surface area is 168 Å². The molecule has 2 heterocycles. The third-order valence-electron chi connectivity index (χ3n) is 4.83. The minimum atomic E-state index is -3.61. The van der Waals surface area contributed by atoms with E-state index in [9.17, 15) is 13.2 Å². The van der Waals surface area contributed by atoms with Gasteiger partial charge in [-0.25, -0.2) is 18.1 Å². The molecule has 1 aliphatic rings. The second-order valence-corrected chi connectivity index (χ2v) is 9.67. The molecule has 3 aromatic rings. The van der Waals surface area contributed by atoms with Gasteiger partial charge in [-0.3, -0.25) is 4.79 Å². The zero-order valence-electron chi connectivity index (χ0n) is 15.5. The minimum absolute atomic E-state index is 0.0227. The van der Waals surface area contributed by atoms with Gasteiger partial charge in [0.25, 0.3) is 0 Å². The third kappa shape index (κ3) is 3.80. The number of para-hydroxylation sites is 1. The van der Waals surface area contributed by atoms with Gasteiger partial charge in [-0.2, -0.15) is 0 Å². The molecule has 0 spiro atoms. The van der Waals surface area contributed by atoms with Gasteiger partial charge in [0.15, 0.2) is 0 Å². The number of aromatic nitrogens is 1. The lowest BCUT2D eigenvalue weighted by atomic mass is 10.0. The molecule has 0 unspecified atom stereocenters. The van der Waals surface area contributed by atoms with E-state index in [0.29, 0.717) is 19.5 Å². The fraction of sp³-hybridized carbons (Fsp3) is 0.300. The van der Waals surface area contributed by atoms with Gasteiger partial charge in [0.2, 0.25) is 15.9 Å². The maximum atomic E-state index is 12.7. The SMILES string of the molecule is CC(=O)N1CCCc2cc(S(=O)(=O)NCCc3nc4ccccc4s3)ccc21. The summed E-state index contributed by atoms with van der Waals surface area (Å²) < 4.78 is 29.1. The predicted octanol–water partition coefficient (Wildman–Crippen LogP) is 3.12. The predicted molar refractivity (Wildman–Crippen MR) is 111 cm³/mol. The van der Waals surface area contributed by atoms with Crippen LogP contribution in [0.3, 0.4) is 0 Å². The van der Waals surface area contributed by atoms with Gasteiger partial charge in [0.1, 0.15) is 0 Å². The maximum Gasteiger partial charge on any atom is 0.240 e. The molecule has 4 rings (SSSR count). The molecular formula is C20H21N3O3S2. The molecule has 0 atom stereocenters. The quantitative estimate of drug-likeness (QED) is 0.694. The summed E-state index contributed by atoms with van der Waals surface area (Å²) in [5, 5.41) is 0.909. The molecule has 1 amide bonds. The molecule has 1 aromatic heterocycles. The Morgan fingerprint density at radius 3 is 2.86 bits per heavy atom. The number of hydrogen-bond donors (Lipinski definition) is 1. The number of nitrogens with one attached hydrogen (secondary N) is 1. The molecule has 28 heavy (non-hydrogen) atoms. The molecule has 0 radical (unpaired) electrons. The summed E-state index contributed by atoms with van der Waals surface area (Å²) in [7, 11) is -3.61. The van der Waals surface area contributed by atoms with Crippen LogP contribution in [-0.4, -0.2) is 32.4 Å². The van der Waals surface area contributed by atoms with Gasteiger partial charge in [-0.05, 0) is 48.7 Å². The second-order valence-electron chi connectivity index (χ2n) is 6.79.